The zero-order chi connectivity index (χ0) is 21.5. The van der Waals surface area contributed by atoms with E-state index in [-0.39, 0.29) is 30.0 Å². The lowest BCUT2D eigenvalue weighted by atomic mass is 10.1. The second-order valence-corrected chi connectivity index (χ2v) is 8.06. The SMILES string of the molecule is CCNC(=NCCCc1nnc2ccccn12)NC(C)c1cccc(N2CCCC2)c1.I. The van der Waals surface area contributed by atoms with E-state index in [0.717, 1.165) is 56.5 Å². The quantitative estimate of drug-likeness (QED) is 0.192. The number of nitrogens with zero attached hydrogens (tertiary/aromatic N) is 5. The highest BCUT2D eigenvalue weighted by atomic mass is 127. The second kappa shape index (κ2) is 12.0. The second-order valence-electron chi connectivity index (χ2n) is 8.06. The molecule has 2 aromatic heterocycles. The Balaban J connectivity index is 0.00000289. The summed E-state index contributed by atoms with van der Waals surface area (Å²) < 4.78 is 2.04. The van der Waals surface area contributed by atoms with Gasteiger partial charge in [0.1, 0.15) is 5.82 Å². The third kappa shape index (κ3) is 6.11. The van der Waals surface area contributed by atoms with Gasteiger partial charge in [-0.05, 0) is 62.9 Å². The number of pyridine rings is 1. The maximum Gasteiger partial charge on any atom is 0.191 e. The Morgan fingerprint density at radius 2 is 1.97 bits per heavy atom. The van der Waals surface area contributed by atoms with E-state index in [1.807, 2.05) is 28.8 Å². The van der Waals surface area contributed by atoms with Gasteiger partial charge in [0.05, 0.1) is 6.04 Å². The molecule has 0 bridgehead atoms. The predicted octanol–water partition coefficient (Wildman–Crippen LogP) is 4.20. The Morgan fingerprint density at radius 3 is 2.78 bits per heavy atom. The minimum atomic E-state index is 0. The van der Waals surface area contributed by atoms with Gasteiger partial charge in [0.25, 0.3) is 0 Å². The van der Waals surface area contributed by atoms with Crippen molar-refractivity contribution >= 4 is 41.3 Å². The summed E-state index contributed by atoms with van der Waals surface area (Å²) in [5.74, 6) is 1.84. The van der Waals surface area contributed by atoms with Gasteiger partial charge in [-0.2, -0.15) is 0 Å². The molecule has 3 aromatic rings. The van der Waals surface area contributed by atoms with Crippen LogP contribution in [-0.2, 0) is 6.42 Å². The lowest BCUT2D eigenvalue weighted by Gasteiger charge is -2.22. The lowest BCUT2D eigenvalue weighted by molar-refractivity contribution is 0.680. The Morgan fingerprint density at radius 1 is 1.12 bits per heavy atom. The van der Waals surface area contributed by atoms with Crippen LogP contribution in [0.25, 0.3) is 5.65 Å². The molecule has 0 saturated carbocycles. The maximum absolute atomic E-state index is 4.78. The lowest BCUT2D eigenvalue weighted by Crippen LogP contribution is -2.38. The van der Waals surface area contributed by atoms with Crippen LogP contribution in [0.3, 0.4) is 0 Å². The van der Waals surface area contributed by atoms with E-state index < -0.39 is 0 Å². The molecule has 172 valence electrons. The normalized spacial score (nSPS) is 14.9. The number of aromatic nitrogens is 3. The predicted molar refractivity (Wildman–Crippen MR) is 142 cm³/mol. The number of fused-ring (bicyclic) bond motifs is 1. The van der Waals surface area contributed by atoms with Crippen LogP contribution < -0.4 is 15.5 Å². The zero-order valence-corrected chi connectivity index (χ0v) is 21.3. The summed E-state index contributed by atoms with van der Waals surface area (Å²) in [6.07, 6.45) is 6.36. The Labute approximate surface area is 207 Å². The van der Waals surface area contributed by atoms with Crippen molar-refractivity contribution in [2.75, 3.05) is 31.1 Å². The third-order valence-electron chi connectivity index (χ3n) is 5.75. The molecule has 3 heterocycles. The van der Waals surface area contributed by atoms with E-state index >= 15 is 0 Å². The average Bonchev–Trinajstić information content (AvgIpc) is 3.47. The summed E-state index contributed by atoms with van der Waals surface area (Å²) >= 11 is 0. The number of hydrogen-bond donors (Lipinski definition) is 2. The van der Waals surface area contributed by atoms with Crippen LogP contribution in [0.4, 0.5) is 5.69 Å². The van der Waals surface area contributed by atoms with Crippen LogP contribution in [0, 0.1) is 0 Å². The van der Waals surface area contributed by atoms with Gasteiger partial charge in [-0.15, -0.1) is 34.2 Å². The molecule has 1 saturated heterocycles. The number of nitrogens with one attached hydrogen (secondary N) is 2. The molecule has 1 aliphatic rings. The summed E-state index contributed by atoms with van der Waals surface area (Å²) in [5, 5.41) is 15.5. The number of benzene rings is 1. The van der Waals surface area contributed by atoms with E-state index in [2.05, 4.69) is 63.8 Å². The molecule has 0 spiro atoms. The third-order valence-corrected chi connectivity index (χ3v) is 5.75. The highest BCUT2D eigenvalue weighted by Crippen LogP contribution is 2.23. The van der Waals surface area contributed by atoms with E-state index in [1.165, 1.54) is 24.1 Å². The summed E-state index contributed by atoms with van der Waals surface area (Å²) in [6.45, 7) is 8.18. The van der Waals surface area contributed by atoms with Crippen LogP contribution in [0.15, 0.2) is 53.7 Å². The molecule has 0 radical (unpaired) electrons. The van der Waals surface area contributed by atoms with E-state index in [9.17, 15) is 0 Å². The van der Waals surface area contributed by atoms with Gasteiger partial charge in [0.2, 0.25) is 0 Å². The van der Waals surface area contributed by atoms with Crippen molar-refractivity contribution in [2.24, 2.45) is 4.99 Å². The largest absolute Gasteiger partial charge is 0.372 e. The van der Waals surface area contributed by atoms with Crippen molar-refractivity contribution < 1.29 is 0 Å². The standard InChI is InChI=1S/C24H33N7.HI/c1-3-25-24(26-14-9-13-23-29-28-22-12-4-5-17-31(22)23)27-19(2)20-10-8-11-21(18-20)30-15-6-7-16-30;/h4-5,8,10-12,17-19H,3,6-7,9,13-16H2,1-2H3,(H2,25,26,27);1H. The monoisotopic (exact) mass is 547 g/mol. The van der Waals surface area contributed by atoms with Crippen molar-refractivity contribution in [2.45, 2.75) is 45.6 Å². The molecule has 2 N–H and O–H groups in total. The number of anilines is 1. The zero-order valence-electron chi connectivity index (χ0n) is 19.0. The summed E-state index contributed by atoms with van der Waals surface area (Å²) in [6, 6.07) is 15.0. The van der Waals surface area contributed by atoms with E-state index in [1.54, 1.807) is 0 Å². The molecule has 0 amide bonds. The fourth-order valence-corrected chi connectivity index (χ4v) is 4.06. The number of aryl methyl sites for hydroxylation is 1. The molecule has 1 atom stereocenters. The number of rotatable bonds is 8. The molecule has 1 fully saturated rings. The minimum absolute atomic E-state index is 0. The highest BCUT2D eigenvalue weighted by Gasteiger charge is 2.14. The fraction of sp³-hybridized carbons (Fsp3) is 0.458. The Hall–Kier alpha value is -2.36. The van der Waals surface area contributed by atoms with Gasteiger partial charge in [0.15, 0.2) is 11.6 Å². The van der Waals surface area contributed by atoms with Crippen LogP contribution in [0.5, 0.6) is 0 Å². The van der Waals surface area contributed by atoms with Crippen LogP contribution in [0.2, 0.25) is 0 Å². The van der Waals surface area contributed by atoms with Crippen molar-refractivity contribution in [1.82, 2.24) is 25.2 Å². The van der Waals surface area contributed by atoms with Gasteiger partial charge < -0.3 is 15.5 Å². The van der Waals surface area contributed by atoms with Gasteiger partial charge in [-0.3, -0.25) is 9.39 Å². The number of halogens is 1. The van der Waals surface area contributed by atoms with Crippen molar-refractivity contribution in [1.29, 1.82) is 0 Å². The first-order valence-electron chi connectivity index (χ1n) is 11.4. The summed E-state index contributed by atoms with van der Waals surface area (Å²) in [7, 11) is 0. The first-order chi connectivity index (χ1) is 15.2. The highest BCUT2D eigenvalue weighted by molar-refractivity contribution is 14.0. The molecule has 1 unspecified atom stereocenters. The van der Waals surface area contributed by atoms with Gasteiger partial charge >= 0.3 is 0 Å². The van der Waals surface area contributed by atoms with Gasteiger partial charge in [-0.1, -0.05) is 18.2 Å². The van der Waals surface area contributed by atoms with Crippen molar-refractivity contribution in [3.05, 3.63) is 60.0 Å². The fourth-order valence-electron chi connectivity index (χ4n) is 4.06. The maximum atomic E-state index is 4.78. The smallest absolute Gasteiger partial charge is 0.191 e. The molecular weight excluding hydrogens is 513 g/mol. The molecule has 8 heteroatoms. The van der Waals surface area contributed by atoms with Gasteiger partial charge in [-0.25, -0.2) is 0 Å². The summed E-state index contributed by atoms with van der Waals surface area (Å²) in [4.78, 5) is 7.26. The molecule has 0 aliphatic carbocycles. The van der Waals surface area contributed by atoms with Crippen molar-refractivity contribution in [3.63, 3.8) is 0 Å². The molecule has 1 aliphatic heterocycles. The van der Waals surface area contributed by atoms with E-state index in [0.29, 0.717) is 0 Å². The first kappa shape index (κ1) is 24.3. The molecular formula is C24H34IN7. The van der Waals surface area contributed by atoms with Crippen LogP contribution in [0.1, 0.15) is 50.5 Å². The van der Waals surface area contributed by atoms with E-state index in [4.69, 9.17) is 4.99 Å². The topological polar surface area (TPSA) is 69.8 Å². The Kier molecular flexibility index (Phi) is 9.13. The Bertz CT molecular complexity index is 1010. The molecule has 7 nitrogen and oxygen atoms in total. The molecule has 1 aromatic carbocycles. The van der Waals surface area contributed by atoms with Gasteiger partial charge in [0, 0.05) is 44.5 Å². The first-order valence-corrected chi connectivity index (χ1v) is 11.4. The van der Waals surface area contributed by atoms with Crippen molar-refractivity contribution in [3.8, 4) is 0 Å². The van der Waals surface area contributed by atoms with Crippen LogP contribution in [-0.4, -0.2) is 46.7 Å². The molecule has 4 rings (SSSR count). The number of guanidine groups is 1. The average molecular weight is 547 g/mol. The number of aliphatic imine (C=N–C) groups is 1. The van der Waals surface area contributed by atoms with Crippen LogP contribution >= 0.6 is 24.0 Å². The molecule has 32 heavy (non-hydrogen) atoms. The summed E-state index contributed by atoms with van der Waals surface area (Å²) in [5.41, 5.74) is 3.50. The number of hydrogen-bond acceptors (Lipinski definition) is 4. The minimum Gasteiger partial charge on any atom is -0.372 e.